The number of aryl methyl sites for hydroxylation is 3. The molecule has 1 amide bonds. The van der Waals surface area contributed by atoms with Crippen molar-refractivity contribution < 1.29 is 23.4 Å². The number of fused-ring (bicyclic) bond motifs is 1. The van der Waals surface area contributed by atoms with Gasteiger partial charge in [-0.2, -0.15) is 0 Å². The first-order valence-corrected chi connectivity index (χ1v) is 12.2. The zero-order valence-corrected chi connectivity index (χ0v) is 22.4. The number of amides is 1. The molecule has 1 N–H and O–H groups in total. The number of furan rings is 1. The largest absolute Gasteiger partial charge is 0.497 e. The first kappa shape index (κ1) is 25.9. The van der Waals surface area contributed by atoms with Crippen LogP contribution in [0, 0.1) is 20.8 Å². The van der Waals surface area contributed by atoms with Crippen LogP contribution < -0.4 is 19.5 Å². The molecule has 37 heavy (non-hydrogen) atoms. The number of rotatable bonds is 8. The molecule has 0 unspecified atom stereocenters. The van der Waals surface area contributed by atoms with Gasteiger partial charge >= 0.3 is 0 Å². The average Bonchev–Trinajstić information content (AvgIpc) is 3.31. The van der Waals surface area contributed by atoms with Gasteiger partial charge in [0.05, 0.1) is 27.1 Å². The van der Waals surface area contributed by atoms with Gasteiger partial charge in [-0.1, -0.05) is 17.7 Å². The number of anilines is 1. The summed E-state index contributed by atoms with van der Waals surface area (Å²) in [5.74, 6) is 1.91. The van der Waals surface area contributed by atoms with E-state index in [-0.39, 0.29) is 5.91 Å². The second kappa shape index (κ2) is 10.8. The Balaban J connectivity index is 1.82. The van der Waals surface area contributed by atoms with E-state index in [2.05, 4.69) is 5.32 Å². The van der Waals surface area contributed by atoms with Crippen molar-refractivity contribution in [2.75, 3.05) is 26.1 Å². The number of allylic oxidation sites excluding steroid dienone is 1. The maximum Gasteiger partial charge on any atom is 0.248 e. The second-order valence-corrected chi connectivity index (χ2v) is 9.04. The number of methoxy groups -OCH3 is 2. The van der Waals surface area contributed by atoms with E-state index in [1.807, 2.05) is 77.1 Å². The van der Waals surface area contributed by atoms with Crippen LogP contribution in [-0.2, 0) is 4.79 Å². The van der Waals surface area contributed by atoms with Gasteiger partial charge < -0.3 is 23.9 Å². The number of carbonyl (C=O) groups excluding carboxylic acids is 1. The number of hydrogen-bond donors (Lipinski definition) is 1. The van der Waals surface area contributed by atoms with Crippen LogP contribution >= 0.6 is 0 Å². The minimum absolute atomic E-state index is 0.202. The minimum Gasteiger partial charge on any atom is -0.497 e. The average molecular weight is 500 g/mol. The molecular formula is C31H33NO5. The summed E-state index contributed by atoms with van der Waals surface area (Å²) in [6.45, 7) is 10.3. The van der Waals surface area contributed by atoms with Gasteiger partial charge in [0.1, 0.15) is 22.8 Å². The Labute approximate surface area is 217 Å². The molecule has 0 atom stereocenters. The lowest BCUT2D eigenvalue weighted by atomic mass is 9.96. The van der Waals surface area contributed by atoms with Gasteiger partial charge in [0.15, 0.2) is 0 Å². The smallest absolute Gasteiger partial charge is 0.248 e. The first-order valence-electron chi connectivity index (χ1n) is 12.2. The Morgan fingerprint density at radius 3 is 2.46 bits per heavy atom. The summed E-state index contributed by atoms with van der Waals surface area (Å²) in [5, 5.41) is 3.89. The SMILES string of the molecule is CCOc1c(/C(C)=C/C(=O)Nc2ccc(C)cc2C)cc2c(-c3cc(OC)ccc3OC)coc2c1C. The predicted molar refractivity (Wildman–Crippen MR) is 149 cm³/mol. The summed E-state index contributed by atoms with van der Waals surface area (Å²) in [6, 6.07) is 13.6. The molecule has 4 rings (SSSR count). The first-order chi connectivity index (χ1) is 17.8. The van der Waals surface area contributed by atoms with Gasteiger partial charge in [-0.25, -0.2) is 0 Å². The fraction of sp³-hybridized carbons (Fsp3) is 0.258. The minimum atomic E-state index is -0.202. The molecular weight excluding hydrogens is 466 g/mol. The topological polar surface area (TPSA) is 69.9 Å². The fourth-order valence-corrected chi connectivity index (χ4v) is 4.57. The third-order valence-corrected chi connectivity index (χ3v) is 6.44. The van der Waals surface area contributed by atoms with Gasteiger partial charge in [-0.3, -0.25) is 4.79 Å². The highest BCUT2D eigenvalue weighted by molar-refractivity contribution is 6.06. The van der Waals surface area contributed by atoms with Crippen molar-refractivity contribution in [3.63, 3.8) is 0 Å². The summed E-state index contributed by atoms with van der Waals surface area (Å²) in [6.07, 6.45) is 3.33. The molecule has 192 valence electrons. The molecule has 0 saturated carbocycles. The Bertz CT molecular complexity index is 1500. The lowest BCUT2D eigenvalue weighted by molar-refractivity contribution is -0.111. The zero-order valence-electron chi connectivity index (χ0n) is 22.4. The third-order valence-electron chi connectivity index (χ3n) is 6.44. The monoisotopic (exact) mass is 499 g/mol. The Kier molecular flexibility index (Phi) is 7.58. The van der Waals surface area contributed by atoms with E-state index in [0.717, 1.165) is 55.6 Å². The summed E-state index contributed by atoms with van der Waals surface area (Å²) in [4.78, 5) is 13.0. The van der Waals surface area contributed by atoms with Gasteiger partial charge in [0, 0.05) is 39.4 Å². The number of carbonyl (C=O) groups is 1. The van der Waals surface area contributed by atoms with Crippen LogP contribution in [0.4, 0.5) is 5.69 Å². The van der Waals surface area contributed by atoms with Crippen LogP contribution in [0.2, 0.25) is 0 Å². The molecule has 1 heterocycles. The molecule has 0 bridgehead atoms. The number of hydrogen-bond acceptors (Lipinski definition) is 5. The van der Waals surface area contributed by atoms with Crippen LogP contribution in [0.5, 0.6) is 17.2 Å². The highest BCUT2D eigenvalue weighted by Gasteiger charge is 2.21. The summed E-state index contributed by atoms with van der Waals surface area (Å²) < 4.78 is 23.2. The number of benzene rings is 3. The summed E-state index contributed by atoms with van der Waals surface area (Å²) in [7, 11) is 3.27. The maximum atomic E-state index is 13.0. The molecule has 3 aromatic carbocycles. The van der Waals surface area contributed by atoms with Crippen molar-refractivity contribution in [2.24, 2.45) is 0 Å². The standard InChI is InChI=1S/C31H33NO5/c1-8-36-30-21(5)31-25(26(17-37-31)24-15-22(34-6)10-12-28(24)35-7)16-23(30)19(3)14-29(33)32-27-11-9-18(2)13-20(27)4/h9-17H,8H2,1-7H3,(H,32,33)/b19-14+. The van der Waals surface area contributed by atoms with E-state index in [1.54, 1.807) is 26.6 Å². The van der Waals surface area contributed by atoms with E-state index in [1.165, 1.54) is 0 Å². The molecule has 0 aliphatic carbocycles. The Morgan fingerprint density at radius 1 is 1.00 bits per heavy atom. The maximum absolute atomic E-state index is 13.0. The highest BCUT2D eigenvalue weighted by Crippen LogP contribution is 2.43. The highest BCUT2D eigenvalue weighted by atomic mass is 16.5. The van der Waals surface area contributed by atoms with E-state index in [9.17, 15) is 4.79 Å². The Morgan fingerprint density at radius 2 is 1.78 bits per heavy atom. The molecule has 1 aromatic heterocycles. The van der Waals surface area contributed by atoms with Crippen LogP contribution in [0.15, 0.2) is 59.2 Å². The van der Waals surface area contributed by atoms with Crippen molar-refractivity contribution in [1.82, 2.24) is 0 Å². The van der Waals surface area contributed by atoms with Crippen molar-refractivity contribution in [2.45, 2.75) is 34.6 Å². The summed E-state index contributed by atoms with van der Waals surface area (Å²) >= 11 is 0. The van der Waals surface area contributed by atoms with E-state index in [0.29, 0.717) is 23.9 Å². The normalized spacial score (nSPS) is 11.5. The zero-order chi connectivity index (χ0) is 26.7. The van der Waals surface area contributed by atoms with Crippen molar-refractivity contribution in [3.8, 4) is 28.4 Å². The van der Waals surface area contributed by atoms with Gasteiger partial charge in [-0.05, 0) is 76.1 Å². The van der Waals surface area contributed by atoms with E-state index >= 15 is 0 Å². The molecule has 0 radical (unpaired) electrons. The van der Waals surface area contributed by atoms with Gasteiger partial charge in [-0.15, -0.1) is 0 Å². The predicted octanol–water partition coefficient (Wildman–Crippen LogP) is 7.48. The molecule has 0 fully saturated rings. The van der Waals surface area contributed by atoms with Crippen LogP contribution in [0.25, 0.3) is 27.7 Å². The molecule has 0 aliphatic heterocycles. The molecule has 0 aliphatic rings. The lowest BCUT2D eigenvalue weighted by Gasteiger charge is -2.15. The van der Waals surface area contributed by atoms with Crippen LogP contribution in [0.3, 0.4) is 0 Å². The fourth-order valence-electron chi connectivity index (χ4n) is 4.57. The third kappa shape index (κ3) is 5.19. The van der Waals surface area contributed by atoms with E-state index < -0.39 is 0 Å². The Hall–Kier alpha value is -4.19. The number of nitrogens with one attached hydrogen (secondary N) is 1. The van der Waals surface area contributed by atoms with Crippen molar-refractivity contribution in [3.05, 3.63) is 77.1 Å². The molecule has 0 spiro atoms. The van der Waals surface area contributed by atoms with Crippen LogP contribution in [-0.4, -0.2) is 26.7 Å². The van der Waals surface area contributed by atoms with Gasteiger partial charge in [0.25, 0.3) is 0 Å². The second-order valence-electron chi connectivity index (χ2n) is 9.04. The molecule has 4 aromatic rings. The van der Waals surface area contributed by atoms with Crippen molar-refractivity contribution >= 4 is 28.1 Å². The van der Waals surface area contributed by atoms with Crippen LogP contribution in [0.1, 0.15) is 36.1 Å². The molecule has 6 heteroatoms. The summed E-state index contributed by atoms with van der Waals surface area (Å²) in [5.41, 5.74) is 7.86. The lowest BCUT2D eigenvalue weighted by Crippen LogP contribution is -2.10. The van der Waals surface area contributed by atoms with Gasteiger partial charge in [0.2, 0.25) is 5.91 Å². The quantitative estimate of drug-likeness (QED) is 0.254. The van der Waals surface area contributed by atoms with Crippen molar-refractivity contribution in [1.29, 1.82) is 0 Å². The van der Waals surface area contributed by atoms with E-state index in [4.69, 9.17) is 18.6 Å². The molecule has 0 saturated heterocycles. The number of ether oxygens (including phenoxy) is 3. The molecule has 6 nitrogen and oxygen atoms in total.